The lowest BCUT2D eigenvalue weighted by atomic mass is 9.50. The van der Waals surface area contributed by atoms with Crippen molar-refractivity contribution in [3.63, 3.8) is 0 Å². The van der Waals surface area contributed by atoms with E-state index in [1.807, 2.05) is 0 Å². The Morgan fingerprint density at radius 2 is 1.95 bits per heavy atom. The van der Waals surface area contributed by atoms with E-state index in [0.717, 1.165) is 23.8 Å². The van der Waals surface area contributed by atoms with E-state index in [1.165, 1.54) is 18.3 Å². The second-order valence-corrected chi connectivity index (χ2v) is 9.50. The van der Waals surface area contributed by atoms with E-state index in [2.05, 4.69) is 36.2 Å². The predicted octanol–water partition coefficient (Wildman–Crippen LogP) is -1.30. The van der Waals surface area contributed by atoms with Crippen LogP contribution in [0.1, 0.15) is 49.5 Å². The number of Topliss-reactive ketones (excluding diaryl/α,β-unsaturated/α-hetero) is 1. The summed E-state index contributed by atoms with van der Waals surface area (Å²) >= 11 is 0. The topological polar surface area (TPSA) is 220 Å². The smallest absolute Gasteiger partial charge is 0.287 e. The number of nitrogens with two attached hydrogens (primary N) is 1. The molecule has 38 heavy (non-hydrogen) atoms. The van der Waals surface area contributed by atoms with Gasteiger partial charge in [0.05, 0.1) is 0 Å². The van der Waals surface area contributed by atoms with E-state index >= 15 is 0 Å². The number of rotatable bonds is 12. The van der Waals surface area contributed by atoms with Crippen molar-refractivity contribution < 1.29 is 28.6 Å². The first-order valence-electron chi connectivity index (χ1n) is 12.1. The van der Waals surface area contributed by atoms with E-state index < -0.39 is 35.1 Å². The van der Waals surface area contributed by atoms with E-state index in [0.29, 0.717) is 5.92 Å². The average molecular weight is 529 g/mol. The van der Waals surface area contributed by atoms with Gasteiger partial charge in [-0.05, 0) is 61.0 Å². The molecule has 0 spiro atoms. The lowest BCUT2D eigenvalue weighted by molar-refractivity contribution is -0.138. The number of nitrogens with one attached hydrogen (secondary N) is 4. The van der Waals surface area contributed by atoms with Gasteiger partial charge in [0.25, 0.3) is 17.4 Å². The van der Waals surface area contributed by atoms with Gasteiger partial charge < -0.3 is 31.6 Å². The number of ketones is 1. The molecule has 3 aliphatic carbocycles. The van der Waals surface area contributed by atoms with E-state index in [-0.39, 0.29) is 54.6 Å². The number of amides is 4. The molecule has 0 unspecified atom stereocenters. The van der Waals surface area contributed by atoms with E-state index in [9.17, 15) is 28.8 Å². The van der Waals surface area contributed by atoms with Crippen LogP contribution in [-0.2, 0) is 25.7 Å². The number of aromatic nitrogens is 3. The second-order valence-electron chi connectivity index (χ2n) is 9.50. The first kappa shape index (κ1) is 26.5. The average Bonchev–Trinajstić information content (AvgIpc) is 3.26. The van der Waals surface area contributed by atoms with Crippen LogP contribution in [0.25, 0.3) is 0 Å². The summed E-state index contributed by atoms with van der Waals surface area (Å²) in [5, 5.41) is 16.8. The summed E-state index contributed by atoms with van der Waals surface area (Å²) in [5.74, 6) is -3.32. The highest BCUT2D eigenvalue weighted by Gasteiger charge is 2.57. The molecule has 3 fully saturated rings. The number of nitrogens with zero attached hydrogens (tertiary/aromatic N) is 3. The maximum atomic E-state index is 13.1. The predicted molar refractivity (Wildman–Crippen MR) is 130 cm³/mol. The third kappa shape index (κ3) is 5.71. The van der Waals surface area contributed by atoms with Crippen molar-refractivity contribution in [1.82, 2.24) is 30.8 Å². The molecule has 1 atom stereocenters. The van der Waals surface area contributed by atoms with Crippen LogP contribution in [0.5, 0.6) is 0 Å². The molecule has 15 nitrogen and oxygen atoms in total. The molecule has 15 heteroatoms. The molecule has 2 bridgehead atoms. The van der Waals surface area contributed by atoms with Crippen LogP contribution < -0.4 is 32.6 Å². The van der Waals surface area contributed by atoms with Crippen LogP contribution in [0.15, 0.2) is 27.8 Å². The minimum Gasteiger partial charge on any atom is -0.379 e. The first-order chi connectivity index (χ1) is 18.1. The molecular formula is C23H28N8O7. The third-order valence-corrected chi connectivity index (χ3v) is 6.64. The number of hydrogen-bond acceptors (Lipinski definition) is 10. The molecule has 3 aliphatic rings. The van der Waals surface area contributed by atoms with Gasteiger partial charge in [0, 0.05) is 24.7 Å². The molecule has 0 radical (unpaired) electrons. The highest BCUT2D eigenvalue weighted by atomic mass is 16.6. The summed E-state index contributed by atoms with van der Waals surface area (Å²) in [4.78, 5) is 74.9. The van der Waals surface area contributed by atoms with Crippen LogP contribution in [-0.4, -0.2) is 62.4 Å². The Morgan fingerprint density at radius 3 is 2.55 bits per heavy atom. The van der Waals surface area contributed by atoms with Crippen LogP contribution in [0.2, 0.25) is 0 Å². The number of likely N-dealkylation sites (N-methyl/N-ethyl adjacent to an activating group) is 1. The minimum atomic E-state index is -1.36. The maximum Gasteiger partial charge on any atom is 0.287 e. The first-order valence-corrected chi connectivity index (χ1v) is 12.1. The van der Waals surface area contributed by atoms with Crippen LogP contribution in [0.4, 0.5) is 11.5 Å². The molecule has 3 saturated carbocycles. The van der Waals surface area contributed by atoms with Gasteiger partial charge in [-0.3, -0.25) is 28.8 Å². The standard InChI is InChI=1S/C23H28N8O7/c1-2-25-20(35)15(32)6-5-13(26-21(36)17-18(24)30-38-29-17)19(34)27-14-4-3-7-31(22(14)37)11-16(33)28-23-8-12(9-23)10-23/h3-4,7,12-13H,2,5-6,8-11H2,1H3,(H2,24,30)(H,25,35)(H,26,36)(H,27,34)(H,28,33)/t12?,13-,23?/m0/s1. The Kier molecular flexibility index (Phi) is 7.55. The molecule has 6 N–H and O–H groups in total. The highest BCUT2D eigenvalue weighted by molar-refractivity contribution is 6.36. The summed E-state index contributed by atoms with van der Waals surface area (Å²) in [7, 11) is 0. The van der Waals surface area contributed by atoms with Crippen LogP contribution in [0, 0.1) is 5.92 Å². The van der Waals surface area contributed by atoms with Crippen molar-refractivity contribution in [2.75, 3.05) is 17.6 Å². The fraction of sp³-hybridized carbons (Fsp3) is 0.478. The normalized spacial score (nSPS) is 19.8. The molecule has 0 aromatic carbocycles. The van der Waals surface area contributed by atoms with Gasteiger partial charge in [-0.1, -0.05) is 0 Å². The molecule has 0 aliphatic heterocycles. The summed E-state index contributed by atoms with van der Waals surface area (Å²) in [6.07, 6.45) is 3.63. The van der Waals surface area contributed by atoms with Crippen LogP contribution in [0.3, 0.4) is 0 Å². The van der Waals surface area contributed by atoms with Crippen molar-refractivity contribution in [1.29, 1.82) is 0 Å². The molecule has 0 saturated heterocycles. The number of carbonyl (C=O) groups excluding carboxylic acids is 5. The summed E-state index contributed by atoms with van der Waals surface area (Å²) in [6, 6.07) is 1.46. The van der Waals surface area contributed by atoms with Crippen molar-refractivity contribution in [3.8, 4) is 0 Å². The Morgan fingerprint density at radius 1 is 1.21 bits per heavy atom. The fourth-order valence-corrected chi connectivity index (χ4v) is 4.59. The molecule has 2 heterocycles. The molecule has 4 amide bonds. The van der Waals surface area contributed by atoms with Gasteiger partial charge in [0.1, 0.15) is 18.3 Å². The zero-order valence-corrected chi connectivity index (χ0v) is 20.6. The van der Waals surface area contributed by atoms with Gasteiger partial charge in [0.15, 0.2) is 0 Å². The number of carbonyl (C=O) groups is 5. The zero-order valence-electron chi connectivity index (χ0n) is 20.6. The third-order valence-electron chi connectivity index (χ3n) is 6.64. The Hall–Kier alpha value is -4.56. The maximum absolute atomic E-state index is 13.1. The van der Waals surface area contributed by atoms with E-state index in [4.69, 9.17) is 5.73 Å². The summed E-state index contributed by atoms with van der Waals surface area (Å²) in [6.45, 7) is 1.65. The lowest BCUT2D eigenvalue weighted by Crippen LogP contribution is -2.68. The van der Waals surface area contributed by atoms with Crippen molar-refractivity contribution in [3.05, 3.63) is 34.4 Å². The van der Waals surface area contributed by atoms with Gasteiger partial charge in [-0.15, -0.1) is 0 Å². The fourth-order valence-electron chi connectivity index (χ4n) is 4.59. The Bertz CT molecular complexity index is 1320. The Balaban J connectivity index is 1.44. The van der Waals surface area contributed by atoms with Crippen LogP contribution >= 0.6 is 0 Å². The van der Waals surface area contributed by atoms with Gasteiger partial charge in [-0.25, -0.2) is 4.63 Å². The molecule has 5 rings (SSSR count). The van der Waals surface area contributed by atoms with Crippen molar-refractivity contribution >= 4 is 40.9 Å². The van der Waals surface area contributed by atoms with Crippen molar-refractivity contribution in [2.24, 2.45) is 5.92 Å². The number of anilines is 2. The quantitative estimate of drug-likeness (QED) is 0.205. The molecular weight excluding hydrogens is 500 g/mol. The lowest BCUT2D eigenvalue weighted by Gasteiger charge is -2.61. The van der Waals surface area contributed by atoms with Crippen molar-refractivity contribution in [2.45, 2.75) is 57.2 Å². The summed E-state index contributed by atoms with van der Waals surface area (Å²) < 4.78 is 5.55. The van der Waals surface area contributed by atoms with Gasteiger partial charge in [-0.2, -0.15) is 0 Å². The molecule has 2 aromatic heterocycles. The summed E-state index contributed by atoms with van der Waals surface area (Å²) in [5.41, 5.74) is 4.22. The number of nitrogen functional groups attached to an aromatic ring is 1. The van der Waals surface area contributed by atoms with E-state index in [1.54, 1.807) is 6.92 Å². The zero-order chi connectivity index (χ0) is 27.4. The monoisotopic (exact) mass is 528 g/mol. The SMILES string of the molecule is CCNC(=O)C(=O)CC[C@H](NC(=O)c1nonc1N)C(=O)Nc1cccn(CC(=O)NC23CC(C2)C3)c1=O. The minimum absolute atomic E-state index is 0.142. The second kappa shape index (κ2) is 10.8. The number of hydrogen-bond donors (Lipinski definition) is 5. The molecule has 2 aromatic rings. The van der Waals surface area contributed by atoms with Gasteiger partial charge in [0.2, 0.25) is 29.1 Å². The number of pyridine rings is 1. The highest BCUT2D eigenvalue weighted by Crippen LogP contribution is 2.56. The Labute approximate surface area is 215 Å². The molecule has 202 valence electrons. The largest absolute Gasteiger partial charge is 0.379 e. The van der Waals surface area contributed by atoms with Gasteiger partial charge >= 0.3 is 0 Å².